The summed E-state index contributed by atoms with van der Waals surface area (Å²) in [7, 11) is 1.66. The third-order valence-electron chi connectivity index (χ3n) is 3.13. The molecule has 0 saturated heterocycles. The Morgan fingerprint density at radius 3 is 3.00 bits per heavy atom. The first kappa shape index (κ1) is 11.3. The van der Waals surface area contributed by atoms with Gasteiger partial charge in [-0.2, -0.15) is 0 Å². The van der Waals surface area contributed by atoms with Crippen LogP contribution in [-0.2, 0) is 6.54 Å². The van der Waals surface area contributed by atoms with E-state index in [1.54, 1.807) is 7.11 Å². The summed E-state index contributed by atoms with van der Waals surface area (Å²) >= 11 is 0. The van der Waals surface area contributed by atoms with Crippen molar-refractivity contribution in [2.24, 2.45) is 0 Å². The van der Waals surface area contributed by atoms with Crippen molar-refractivity contribution < 1.29 is 9.15 Å². The third-order valence-corrected chi connectivity index (χ3v) is 3.13. The zero-order valence-corrected chi connectivity index (χ0v) is 10.3. The summed E-state index contributed by atoms with van der Waals surface area (Å²) in [5.41, 5.74) is 1.89. The lowest BCUT2D eigenvalue weighted by molar-refractivity contribution is 0.414. The second-order valence-corrected chi connectivity index (χ2v) is 4.48. The molecular weight excluding hydrogens is 228 g/mol. The van der Waals surface area contributed by atoms with Gasteiger partial charge in [0.05, 0.1) is 12.7 Å². The molecule has 0 bridgehead atoms. The van der Waals surface area contributed by atoms with Crippen molar-refractivity contribution >= 4 is 0 Å². The number of oxazole rings is 1. The van der Waals surface area contributed by atoms with Gasteiger partial charge in [-0.1, -0.05) is 12.1 Å². The van der Waals surface area contributed by atoms with Crippen molar-refractivity contribution in [3.05, 3.63) is 36.4 Å². The van der Waals surface area contributed by atoms with Crippen LogP contribution in [0.1, 0.15) is 18.5 Å². The van der Waals surface area contributed by atoms with Crippen LogP contribution >= 0.6 is 0 Å². The van der Waals surface area contributed by atoms with Crippen molar-refractivity contribution in [1.82, 2.24) is 10.3 Å². The Morgan fingerprint density at radius 2 is 2.22 bits per heavy atom. The second kappa shape index (κ2) is 4.82. The van der Waals surface area contributed by atoms with Crippen molar-refractivity contribution in [3.8, 4) is 17.1 Å². The monoisotopic (exact) mass is 244 g/mol. The normalized spacial score (nSPS) is 14.7. The molecular formula is C14H16N2O2. The average molecular weight is 244 g/mol. The molecule has 4 nitrogen and oxygen atoms in total. The first-order valence-corrected chi connectivity index (χ1v) is 6.17. The average Bonchev–Trinajstić information content (AvgIpc) is 3.13. The molecule has 0 unspecified atom stereocenters. The number of ether oxygens (including phenoxy) is 1. The van der Waals surface area contributed by atoms with Gasteiger partial charge in [0.15, 0.2) is 12.2 Å². The standard InChI is InChI=1S/C14H16N2O2/c1-17-13-5-3-2-4-11(13)14-12(16-9-18-14)8-15-10-6-7-10/h2-5,9-10,15H,6-8H2,1H3. The van der Waals surface area contributed by atoms with Crippen molar-refractivity contribution in [3.63, 3.8) is 0 Å². The van der Waals surface area contributed by atoms with E-state index in [1.165, 1.54) is 19.2 Å². The molecule has 0 atom stereocenters. The summed E-state index contributed by atoms with van der Waals surface area (Å²) in [6.07, 6.45) is 4.02. The molecule has 1 aromatic carbocycles. The molecule has 1 aromatic heterocycles. The first-order valence-electron chi connectivity index (χ1n) is 6.17. The fraction of sp³-hybridized carbons (Fsp3) is 0.357. The highest BCUT2D eigenvalue weighted by Gasteiger charge is 2.22. The largest absolute Gasteiger partial charge is 0.496 e. The molecule has 0 aliphatic heterocycles. The molecule has 1 fully saturated rings. The molecule has 1 saturated carbocycles. The smallest absolute Gasteiger partial charge is 0.181 e. The summed E-state index contributed by atoms with van der Waals surface area (Å²) in [5, 5.41) is 3.44. The zero-order valence-electron chi connectivity index (χ0n) is 10.3. The van der Waals surface area contributed by atoms with Crippen LogP contribution < -0.4 is 10.1 Å². The number of para-hydroxylation sites is 1. The Hall–Kier alpha value is -1.81. The van der Waals surface area contributed by atoms with Crippen LogP contribution in [-0.4, -0.2) is 18.1 Å². The lowest BCUT2D eigenvalue weighted by atomic mass is 10.1. The molecule has 1 aliphatic carbocycles. The van der Waals surface area contributed by atoms with Gasteiger partial charge in [0.25, 0.3) is 0 Å². The van der Waals surface area contributed by atoms with E-state index in [4.69, 9.17) is 9.15 Å². The van der Waals surface area contributed by atoms with E-state index >= 15 is 0 Å². The fourth-order valence-electron chi connectivity index (χ4n) is 1.97. The molecule has 1 N–H and O–H groups in total. The Labute approximate surface area is 106 Å². The van der Waals surface area contributed by atoms with Gasteiger partial charge in [-0.25, -0.2) is 4.98 Å². The molecule has 0 radical (unpaired) electrons. The summed E-state index contributed by atoms with van der Waals surface area (Å²) in [4.78, 5) is 4.28. The highest BCUT2D eigenvalue weighted by atomic mass is 16.5. The predicted molar refractivity (Wildman–Crippen MR) is 68.4 cm³/mol. The van der Waals surface area contributed by atoms with E-state index in [1.807, 2.05) is 24.3 Å². The highest BCUT2D eigenvalue weighted by molar-refractivity contribution is 5.67. The quantitative estimate of drug-likeness (QED) is 0.878. The molecule has 4 heteroatoms. The van der Waals surface area contributed by atoms with Crippen LogP contribution in [0.5, 0.6) is 5.75 Å². The summed E-state index contributed by atoms with van der Waals surface area (Å²) in [5.74, 6) is 1.60. The minimum absolute atomic E-state index is 0.659. The van der Waals surface area contributed by atoms with Crippen LogP contribution in [0.25, 0.3) is 11.3 Å². The van der Waals surface area contributed by atoms with E-state index in [2.05, 4.69) is 10.3 Å². The Bertz CT molecular complexity index is 532. The lowest BCUT2D eigenvalue weighted by Crippen LogP contribution is -2.16. The van der Waals surface area contributed by atoms with E-state index in [9.17, 15) is 0 Å². The third kappa shape index (κ3) is 2.24. The summed E-state index contributed by atoms with van der Waals surface area (Å²) in [6, 6.07) is 8.49. The van der Waals surface area contributed by atoms with E-state index in [0.29, 0.717) is 6.04 Å². The number of rotatable bonds is 5. The van der Waals surface area contributed by atoms with Crippen LogP contribution in [0.3, 0.4) is 0 Å². The van der Waals surface area contributed by atoms with Gasteiger partial charge in [0.1, 0.15) is 11.4 Å². The number of methoxy groups -OCH3 is 1. The van der Waals surface area contributed by atoms with Gasteiger partial charge < -0.3 is 14.5 Å². The maximum Gasteiger partial charge on any atom is 0.181 e. The number of hydrogen-bond acceptors (Lipinski definition) is 4. The van der Waals surface area contributed by atoms with Gasteiger partial charge in [-0.05, 0) is 25.0 Å². The van der Waals surface area contributed by atoms with Gasteiger partial charge in [0, 0.05) is 12.6 Å². The van der Waals surface area contributed by atoms with Crippen LogP contribution in [0.4, 0.5) is 0 Å². The first-order chi connectivity index (χ1) is 8.88. The molecule has 18 heavy (non-hydrogen) atoms. The van der Waals surface area contributed by atoms with Gasteiger partial charge in [-0.3, -0.25) is 0 Å². The van der Waals surface area contributed by atoms with Crippen molar-refractivity contribution in [2.45, 2.75) is 25.4 Å². The minimum Gasteiger partial charge on any atom is -0.496 e. The van der Waals surface area contributed by atoms with Crippen molar-refractivity contribution in [1.29, 1.82) is 0 Å². The van der Waals surface area contributed by atoms with E-state index in [0.717, 1.165) is 29.3 Å². The molecule has 94 valence electrons. The van der Waals surface area contributed by atoms with Gasteiger partial charge in [0.2, 0.25) is 0 Å². The molecule has 2 aromatic rings. The number of benzene rings is 1. The Morgan fingerprint density at radius 1 is 1.39 bits per heavy atom. The Kier molecular flexibility index (Phi) is 3.02. The number of aromatic nitrogens is 1. The Balaban J connectivity index is 1.88. The number of nitrogens with one attached hydrogen (secondary N) is 1. The van der Waals surface area contributed by atoms with Crippen LogP contribution in [0.2, 0.25) is 0 Å². The minimum atomic E-state index is 0.659. The van der Waals surface area contributed by atoms with Gasteiger partial charge >= 0.3 is 0 Å². The van der Waals surface area contributed by atoms with Gasteiger partial charge in [-0.15, -0.1) is 0 Å². The topological polar surface area (TPSA) is 47.3 Å². The zero-order chi connectivity index (χ0) is 12.4. The summed E-state index contributed by atoms with van der Waals surface area (Å²) < 4.78 is 10.9. The maximum atomic E-state index is 5.51. The molecule has 3 rings (SSSR count). The SMILES string of the molecule is COc1ccccc1-c1ocnc1CNC1CC1. The van der Waals surface area contributed by atoms with Crippen LogP contribution in [0.15, 0.2) is 35.1 Å². The fourth-order valence-corrected chi connectivity index (χ4v) is 1.97. The number of hydrogen-bond donors (Lipinski definition) is 1. The molecule has 0 spiro atoms. The molecule has 0 amide bonds. The number of nitrogens with zero attached hydrogens (tertiary/aromatic N) is 1. The van der Waals surface area contributed by atoms with E-state index in [-0.39, 0.29) is 0 Å². The lowest BCUT2D eigenvalue weighted by Gasteiger charge is -2.07. The molecule has 1 heterocycles. The predicted octanol–water partition coefficient (Wildman–Crippen LogP) is 2.60. The van der Waals surface area contributed by atoms with Crippen molar-refractivity contribution in [2.75, 3.05) is 7.11 Å². The maximum absolute atomic E-state index is 5.51. The molecule has 1 aliphatic rings. The second-order valence-electron chi connectivity index (χ2n) is 4.48. The van der Waals surface area contributed by atoms with E-state index < -0.39 is 0 Å². The highest BCUT2D eigenvalue weighted by Crippen LogP contribution is 2.32. The summed E-state index contributed by atoms with van der Waals surface area (Å²) in [6.45, 7) is 0.745. The van der Waals surface area contributed by atoms with Crippen LogP contribution in [0, 0.1) is 0 Å².